The van der Waals surface area contributed by atoms with Gasteiger partial charge in [-0.1, -0.05) is 30.9 Å². The van der Waals surface area contributed by atoms with Crippen molar-refractivity contribution in [2.24, 2.45) is 5.92 Å². The zero-order chi connectivity index (χ0) is 15.1. The van der Waals surface area contributed by atoms with Crippen LogP contribution in [0.15, 0.2) is 24.3 Å². The average Bonchev–Trinajstić information content (AvgIpc) is 2.99. The summed E-state index contributed by atoms with van der Waals surface area (Å²) in [5.74, 6) is 5.50. The Morgan fingerprint density at radius 3 is 3.14 bits per heavy atom. The van der Waals surface area contributed by atoms with Gasteiger partial charge >= 0.3 is 0 Å². The summed E-state index contributed by atoms with van der Waals surface area (Å²) in [5, 5.41) is 11.7. The Hall–Kier alpha value is -1.83. The maximum absolute atomic E-state index is 12.2. The van der Waals surface area contributed by atoms with E-state index in [1.807, 2.05) is 31.2 Å². The van der Waals surface area contributed by atoms with Crippen LogP contribution < -0.4 is 5.32 Å². The number of amides is 1. The Morgan fingerprint density at radius 1 is 1.52 bits per heavy atom. The van der Waals surface area contributed by atoms with Gasteiger partial charge in [0.1, 0.15) is 6.61 Å². The third-order valence-electron chi connectivity index (χ3n) is 3.65. The van der Waals surface area contributed by atoms with E-state index in [1.54, 1.807) is 0 Å². The molecule has 1 aromatic carbocycles. The summed E-state index contributed by atoms with van der Waals surface area (Å²) < 4.78 is 5.55. The summed E-state index contributed by atoms with van der Waals surface area (Å²) in [6.07, 6.45) is 1.71. The zero-order valence-electron chi connectivity index (χ0n) is 12.3. The molecule has 4 nitrogen and oxygen atoms in total. The molecule has 1 aliphatic heterocycles. The number of ether oxygens (including phenoxy) is 1. The van der Waals surface area contributed by atoms with Crippen LogP contribution in [0.5, 0.6) is 0 Å². The molecule has 2 N–H and O–H groups in total. The fourth-order valence-corrected chi connectivity index (χ4v) is 2.57. The van der Waals surface area contributed by atoms with Crippen molar-refractivity contribution in [1.29, 1.82) is 0 Å². The van der Waals surface area contributed by atoms with E-state index in [4.69, 9.17) is 9.84 Å². The first-order valence-electron chi connectivity index (χ1n) is 7.32. The lowest BCUT2D eigenvalue weighted by molar-refractivity contribution is -0.126. The summed E-state index contributed by atoms with van der Waals surface area (Å²) in [5.41, 5.74) is 1.84. The SMILES string of the molecule is CCC1OCCC1C(=O)NCc1cccc(C#CCO)c1. The second-order valence-corrected chi connectivity index (χ2v) is 5.09. The first-order valence-corrected chi connectivity index (χ1v) is 7.32. The number of aliphatic hydroxyl groups is 1. The first kappa shape index (κ1) is 15.6. The number of nitrogens with one attached hydrogen (secondary N) is 1. The molecule has 2 unspecified atom stereocenters. The third-order valence-corrected chi connectivity index (χ3v) is 3.65. The predicted molar refractivity (Wildman–Crippen MR) is 80.4 cm³/mol. The van der Waals surface area contributed by atoms with Gasteiger partial charge in [0, 0.05) is 18.7 Å². The molecule has 1 fully saturated rings. The fourth-order valence-electron chi connectivity index (χ4n) is 2.57. The summed E-state index contributed by atoms with van der Waals surface area (Å²) in [4.78, 5) is 12.2. The van der Waals surface area contributed by atoms with Crippen LogP contribution in [0.2, 0.25) is 0 Å². The minimum absolute atomic E-state index is 0.0348. The molecule has 0 spiro atoms. The molecule has 0 bridgehead atoms. The Labute approximate surface area is 125 Å². The number of carbonyl (C=O) groups excluding carboxylic acids is 1. The lowest BCUT2D eigenvalue weighted by Gasteiger charge is -2.16. The Balaban J connectivity index is 1.92. The highest BCUT2D eigenvalue weighted by molar-refractivity contribution is 5.79. The van der Waals surface area contributed by atoms with Gasteiger partial charge in [0.05, 0.1) is 12.0 Å². The maximum atomic E-state index is 12.2. The van der Waals surface area contributed by atoms with Gasteiger partial charge in [-0.15, -0.1) is 0 Å². The van der Waals surface area contributed by atoms with Crippen molar-refractivity contribution in [1.82, 2.24) is 5.32 Å². The molecule has 1 amide bonds. The van der Waals surface area contributed by atoms with Gasteiger partial charge in [-0.05, 0) is 30.5 Å². The van der Waals surface area contributed by atoms with Crippen molar-refractivity contribution in [3.8, 4) is 11.8 Å². The second-order valence-electron chi connectivity index (χ2n) is 5.09. The molecule has 1 aromatic rings. The van der Waals surface area contributed by atoms with Crippen LogP contribution in [0.4, 0.5) is 0 Å². The molecule has 4 heteroatoms. The highest BCUT2D eigenvalue weighted by Gasteiger charge is 2.32. The molecule has 0 aliphatic carbocycles. The lowest BCUT2D eigenvalue weighted by atomic mass is 9.98. The number of aliphatic hydroxyl groups excluding tert-OH is 1. The molecule has 21 heavy (non-hydrogen) atoms. The van der Waals surface area contributed by atoms with Crippen molar-refractivity contribution in [3.05, 3.63) is 35.4 Å². The summed E-state index contributed by atoms with van der Waals surface area (Å²) in [6, 6.07) is 7.65. The molecule has 2 atom stereocenters. The van der Waals surface area contributed by atoms with Gasteiger partial charge in [0.25, 0.3) is 0 Å². The van der Waals surface area contributed by atoms with Crippen LogP contribution >= 0.6 is 0 Å². The molecular formula is C17H21NO3. The van der Waals surface area contributed by atoms with Crippen molar-refractivity contribution in [3.63, 3.8) is 0 Å². The normalized spacial score (nSPS) is 20.7. The van der Waals surface area contributed by atoms with E-state index in [0.29, 0.717) is 13.2 Å². The molecular weight excluding hydrogens is 266 g/mol. The predicted octanol–water partition coefficient (Wildman–Crippen LogP) is 1.46. The number of hydrogen-bond acceptors (Lipinski definition) is 3. The monoisotopic (exact) mass is 287 g/mol. The van der Waals surface area contributed by atoms with Gasteiger partial charge in [0.2, 0.25) is 5.91 Å². The third kappa shape index (κ3) is 4.32. The largest absolute Gasteiger partial charge is 0.384 e. The first-order chi connectivity index (χ1) is 10.2. The lowest BCUT2D eigenvalue weighted by Crippen LogP contribution is -2.34. The molecule has 1 saturated heterocycles. The number of hydrogen-bond donors (Lipinski definition) is 2. The highest BCUT2D eigenvalue weighted by atomic mass is 16.5. The van der Waals surface area contributed by atoms with Crippen molar-refractivity contribution in [2.75, 3.05) is 13.2 Å². The highest BCUT2D eigenvalue weighted by Crippen LogP contribution is 2.23. The molecule has 1 aliphatic rings. The molecule has 1 heterocycles. The fraction of sp³-hybridized carbons (Fsp3) is 0.471. The van der Waals surface area contributed by atoms with E-state index >= 15 is 0 Å². The van der Waals surface area contributed by atoms with Crippen molar-refractivity contribution >= 4 is 5.91 Å². The smallest absolute Gasteiger partial charge is 0.226 e. The molecule has 0 radical (unpaired) electrons. The summed E-state index contributed by atoms with van der Waals surface area (Å²) in [7, 11) is 0. The number of carbonyl (C=O) groups is 1. The van der Waals surface area contributed by atoms with E-state index < -0.39 is 0 Å². The van der Waals surface area contributed by atoms with Gasteiger partial charge < -0.3 is 15.2 Å². The van der Waals surface area contributed by atoms with Gasteiger partial charge in [0.15, 0.2) is 0 Å². The molecule has 0 aromatic heterocycles. The van der Waals surface area contributed by atoms with Crippen LogP contribution in [0.25, 0.3) is 0 Å². The average molecular weight is 287 g/mol. The molecule has 2 rings (SSSR count). The van der Waals surface area contributed by atoms with E-state index in [0.717, 1.165) is 24.0 Å². The molecule has 0 saturated carbocycles. The maximum Gasteiger partial charge on any atom is 0.226 e. The topological polar surface area (TPSA) is 58.6 Å². The van der Waals surface area contributed by atoms with Crippen LogP contribution in [0.3, 0.4) is 0 Å². The van der Waals surface area contributed by atoms with Gasteiger partial charge in [-0.3, -0.25) is 4.79 Å². The van der Waals surface area contributed by atoms with Gasteiger partial charge in [-0.2, -0.15) is 0 Å². The van der Waals surface area contributed by atoms with Crippen LogP contribution in [-0.4, -0.2) is 30.3 Å². The number of benzene rings is 1. The standard InChI is InChI=1S/C17H21NO3/c1-2-16-15(8-10-21-16)17(20)18-12-14-6-3-5-13(11-14)7-4-9-19/h3,5-6,11,15-16,19H,2,8-10,12H2,1H3,(H,18,20). The van der Waals surface area contributed by atoms with Crippen molar-refractivity contribution in [2.45, 2.75) is 32.4 Å². The van der Waals surface area contributed by atoms with Gasteiger partial charge in [-0.25, -0.2) is 0 Å². The Morgan fingerprint density at radius 2 is 2.38 bits per heavy atom. The quantitative estimate of drug-likeness (QED) is 0.824. The summed E-state index contributed by atoms with van der Waals surface area (Å²) >= 11 is 0. The van der Waals surface area contributed by atoms with E-state index in [2.05, 4.69) is 17.2 Å². The van der Waals surface area contributed by atoms with Crippen LogP contribution in [-0.2, 0) is 16.1 Å². The van der Waals surface area contributed by atoms with E-state index in [1.165, 1.54) is 0 Å². The second kappa shape index (κ2) is 7.82. The Kier molecular flexibility index (Phi) is 5.79. The molecule has 112 valence electrons. The zero-order valence-corrected chi connectivity index (χ0v) is 12.3. The van der Waals surface area contributed by atoms with E-state index in [9.17, 15) is 4.79 Å². The number of rotatable bonds is 4. The van der Waals surface area contributed by atoms with Crippen LogP contribution in [0, 0.1) is 17.8 Å². The Bertz CT molecular complexity index is 544. The minimum atomic E-state index is -0.152. The summed E-state index contributed by atoms with van der Waals surface area (Å²) in [6.45, 7) is 3.05. The van der Waals surface area contributed by atoms with E-state index in [-0.39, 0.29) is 24.5 Å². The van der Waals surface area contributed by atoms with Crippen LogP contribution in [0.1, 0.15) is 30.9 Å². The minimum Gasteiger partial charge on any atom is -0.384 e. The van der Waals surface area contributed by atoms with Crippen molar-refractivity contribution < 1.29 is 14.6 Å².